The van der Waals surface area contributed by atoms with Crippen LogP contribution in [0, 0.1) is 0 Å². The van der Waals surface area contributed by atoms with Crippen molar-refractivity contribution in [2.75, 3.05) is 0 Å². The molecule has 1 heteroatoms. The Morgan fingerprint density at radius 2 is 1.57 bits per heavy atom. The van der Waals surface area contributed by atoms with Crippen molar-refractivity contribution in [3.63, 3.8) is 0 Å². The molecule has 106 valence electrons. The second-order valence-corrected chi connectivity index (χ2v) is 6.18. The SMILES string of the molecule is CCC(C)(C)c1cc(-c2ccccc2)c2ccccc2n1. The summed E-state index contributed by atoms with van der Waals surface area (Å²) in [5.74, 6) is 0. The van der Waals surface area contributed by atoms with Crippen LogP contribution in [0.2, 0.25) is 0 Å². The van der Waals surface area contributed by atoms with Crippen LogP contribution < -0.4 is 0 Å². The first kappa shape index (κ1) is 13.8. The summed E-state index contributed by atoms with van der Waals surface area (Å²) in [6.45, 7) is 6.75. The van der Waals surface area contributed by atoms with Crippen LogP contribution in [-0.4, -0.2) is 4.98 Å². The van der Waals surface area contributed by atoms with Crippen molar-refractivity contribution in [3.05, 3.63) is 66.4 Å². The van der Waals surface area contributed by atoms with Crippen LogP contribution in [-0.2, 0) is 5.41 Å². The zero-order valence-electron chi connectivity index (χ0n) is 12.9. The Morgan fingerprint density at radius 3 is 2.29 bits per heavy atom. The summed E-state index contributed by atoms with van der Waals surface area (Å²) in [5, 5.41) is 1.22. The van der Waals surface area contributed by atoms with E-state index < -0.39 is 0 Å². The summed E-state index contributed by atoms with van der Waals surface area (Å²) in [7, 11) is 0. The van der Waals surface area contributed by atoms with E-state index in [1.54, 1.807) is 0 Å². The average Bonchev–Trinajstić information content (AvgIpc) is 2.54. The monoisotopic (exact) mass is 275 g/mol. The van der Waals surface area contributed by atoms with Crippen LogP contribution >= 0.6 is 0 Å². The van der Waals surface area contributed by atoms with Crippen LogP contribution in [0.15, 0.2) is 60.7 Å². The number of para-hydroxylation sites is 1. The Bertz CT molecular complexity index is 757. The number of fused-ring (bicyclic) bond motifs is 1. The lowest BCUT2D eigenvalue weighted by Crippen LogP contribution is -2.17. The molecule has 1 heterocycles. The first-order valence-corrected chi connectivity index (χ1v) is 7.57. The van der Waals surface area contributed by atoms with Gasteiger partial charge in [-0.25, -0.2) is 0 Å². The summed E-state index contributed by atoms with van der Waals surface area (Å²) >= 11 is 0. The number of hydrogen-bond donors (Lipinski definition) is 0. The first-order valence-electron chi connectivity index (χ1n) is 7.57. The molecule has 21 heavy (non-hydrogen) atoms. The Kier molecular flexibility index (Phi) is 3.50. The van der Waals surface area contributed by atoms with Crippen LogP contribution in [0.5, 0.6) is 0 Å². The van der Waals surface area contributed by atoms with E-state index in [0.29, 0.717) is 0 Å². The number of benzene rings is 2. The van der Waals surface area contributed by atoms with Gasteiger partial charge < -0.3 is 0 Å². The molecular formula is C20H21N. The van der Waals surface area contributed by atoms with Gasteiger partial charge in [0.1, 0.15) is 0 Å². The molecule has 0 spiro atoms. The third kappa shape index (κ3) is 2.56. The second kappa shape index (κ2) is 5.33. The first-order chi connectivity index (χ1) is 10.1. The van der Waals surface area contributed by atoms with Crippen LogP contribution in [0.1, 0.15) is 32.9 Å². The van der Waals surface area contributed by atoms with Crippen molar-refractivity contribution in [2.24, 2.45) is 0 Å². The van der Waals surface area contributed by atoms with Gasteiger partial charge in [0.15, 0.2) is 0 Å². The van der Waals surface area contributed by atoms with Crippen molar-refractivity contribution < 1.29 is 0 Å². The highest BCUT2D eigenvalue weighted by atomic mass is 14.7. The largest absolute Gasteiger partial charge is 0.252 e. The molecule has 0 saturated heterocycles. The van der Waals surface area contributed by atoms with Crippen LogP contribution in [0.25, 0.3) is 22.0 Å². The number of pyridine rings is 1. The molecule has 0 atom stereocenters. The highest BCUT2D eigenvalue weighted by Crippen LogP contribution is 2.33. The lowest BCUT2D eigenvalue weighted by atomic mass is 9.84. The molecule has 0 saturated carbocycles. The van der Waals surface area contributed by atoms with E-state index in [0.717, 1.165) is 11.9 Å². The van der Waals surface area contributed by atoms with Crippen LogP contribution in [0.4, 0.5) is 0 Å². The van der Waals surface area contributed by atoms with E-state index in [4.69, 9.17) is 4.98 Å². The van der Waals surface area contributed by atoms with Gasteiger partial charge in [-0.3, -0.25) is 4.98 Å². The van der Waals surface area contributed by atoms with E-state index >= 15 is 0 Å². The summed E-state index contributed by atoms with van der Waals surface area (Å²) in [5.41, 5.74) is 4.87. The lowest BCUT2D eigenvalue weighted by molar-refractivity contribution is 0.492. The Morgan fingerprint density at radius 1 is 0.905 bits per heavy atom. The number of aromatic nitrogens is 1. The molecule has 0 N–H and O–H groups in total. The van der Waals surface area contributed by atoms with Gasteiger partial charge in [-0.05, 0) is 29.7 Å². The van der Waals surface area contributed by atoms with Gasteiger partial charge in [-0.15, -0.1) is 0 Å². The molecule has 0 bridgehead atoms. The fourth-order valence-electron chi connectivity index (χ4n) is 2.56. The molecule has 1 aromatic heterocycles. The van der Waals surface area contributed by atoms with Crippen molar-refractivity contribution in [1.82, 2.24) is 4.98 Å². The lowest BCUT2D eigenvalue weighted by Gasteiger charge is -2.23. The highest BCUT2D eigenvalue weighted by Gasteiger charge is 2.21. The third-order valence-corrected chi connectivity index (χ3v) is 4.38. The fourth-order valence-corrected chi connectivity index (χ4v) is 2.56. The van der Waals surface area contributed by atoms with Gasteiger partial charge in [0, 0.05) is 16.5 Å². The summed E-state index contributed by atoms with van der Waals surface area (Å²) in [4.78, 5) is 4.90. The molecule has 0 amide bonds. The Balaban J connectivity index is 2.31. The maximum absolute atomic E-state index is 4.90. The highest BCUT2D eigenvalue weighted by molar-refractivity contribution is 5.94. The average molecular weight is 275 g/mol. The minimum Gasteiger partial charge on any atom is -0.252 e. The number of rotatable bonds is 3. The molecule has 3 aromatic rings. The zero-order valence-corrected chi connectivity index (χ0v) is 12.9. The van der Waals surface area contributed by atoms with Gasteiger partial charge in [0.2, 0.25) is 0 Å². The molecule has 3 rings (SSSR count). The van der Waals surface area contributed by atoms with E-state index in [9.17, 15) is 0 Å². The summed E-state index contributed by atoms with van der Waals surface area (Å²) < 4.78 is 0. The molecule has 0 aliphatic carbocycles. The van der Waals surface area contributed by atoms with Gasteiger partial charge in [0.25, 0.3) is 0 Å². The van der Waals surface area contributed by atoms with E-state index in [1.807, 2.05) is 0 Å². The molecule has 1 nitrogen and oxygen atoms in total. The molecule has 0 unspecified atom stereocenters. The van der Waals surface area contributed by atoms with Gasteiger partial charge in [-0.1, -0.05) is 69.3 Å². The Hall–Kier alpha value is -2.15. The van der Waals surface area contributed by atoms with Crippen molar-refractivity contribution >= 4 is 10.9 Å². The number of nitrogens with zero attached hydrogens (tertiary/aromatic N) is 1. The quantitative estimate of drug-likeness (QED) is 0.607. The van der Waals surface area contributed by atoms with E-state index in [2.05, 4.69) is 81.4 Å². The molecule has 0 aliphatic heterocycles. The summed E-state index contributed by atoms with van der Waals surface area (Å²) in [6, 6.07) is 21.3. The predicted octanol–water partition coefficient (Wildman–Crippen LogP) is 5.59. The molecule has 0 fully saturated rings. The normalized spacial score (nSPS) is 11.8. The van der Waals surface area contributed by atoms with Crippen LogP contribution in [0.3, 0.4) is 0 Å². The fraction of sp³-hybridized carbons (Fsp3) is 0.250. The van der Waals surface area contributed by atoms with Gasteiger partial charge in [0.05, 0.1) is 5.52 Å². The van der Waals surface area contributed by atoms with Gasteiger partial charge in [-0.2, -0.15) is 0 Å². The van der Waals surface area contributed by atoms with Gasteiger partial charge >= 0.3 is 0 Å². The zero-order chi connectivity index (χ0) is 14.9. The smallest absolute Gasteiger partial charge is 0.0711 e. The molecule has 0 radical (unpaired) electrons. The third-order valence-electron chi connectivity index (χ3n) is 4.38. The maximum Gasteiger partial charge on any atom is 0.0711 e. The second-order valence-electron chi connectivity index (χ2n) is 6.18. The number of hydrogen-bond acceptors (Lipinski definition) is 1. The minimum absolute atomic E-state index is 0.0908. The van der Waals surface area contributed by atoms with Crippen molar-refractivity contribution in [1.29, 1.82) is 0 Å². The van der Waals surface area contributed by atoms with Crippen molar-refractivity contribution in [3.8, 4) is 11.1 Å². The summed E-state index contributed by atoms with van der Waals surface area (Å²) in [6.07, 6.45) is 1.08. The topological polar surface area (TPSA) is 12.9 Å². The molecule has 2 aromatic carbocycles. The molecular weight excluding hydrogens is 254 g/mol. The maximum atomic E-state index is 4.90. The predicted molar refractivity (Wildman–Crippen MR) is 90.5 cm³/mol. The molecule has 0 aliphatic rings. The van der Waals surface area contributed by atoms with E-state index in [1.165, 1.54) is 22.2 Å². The Labute approximate surface area is 126 Å². The standard InChI is InChI=1S/C20H21N/c1-4-20(2,3)19-14-17(15-10-6-5-7-11-15)16-12-8-9-13-18(16)21-19/h5-14H,4H2,1-3H3. The minimum atomic E-state index is 0.0908. The van der Waals surface area contributed by atoms with E-state index in [-0.39, 0.29) is 5.41 Å². The van der Waals surface area contributed by atoms with Crippen molar-refractivity contribution in [2.45, 2.75) is 32.6 Å².